The van der Waals surface area contributed by atoms with Crippen LogP contribution in [0.15, 0.2) is 48.7 Å². The summed E-state index contributed by atoms with van der Waals surface area (Å²) in [6.07, 6.45) is 1.60. The van der Waals surface area contributed by atoms with Crippen molar-refractivity contribution in [1.29, 1.82) is 0 Å². The number of pyridine rings is 1. The molecule has 1 N–H and O–H groups in total. The molecule has 0 unspecified atom stereocenters. The molecule has 27 heavy (non-hydrogen) atoms. The molecular weight excluding hydrogens is 336 g/mol. The van der Waals surface area contributed by atoms with Crippen LogP contribution in [0.3, 0.4) is 0 Å². The SMILES string of the molecule is Cc1cccc(C(C)(C)CNC(=O)c2ccc(-n3nc(C)cc3C)nc2)c1. The maximum atomic E-state index is 12.5. The number of hydrogen-bond acceptors (Lipinski definition) is 3. The fourth-order valence-corrected chi connectivity index (χ4v) is 3.08. The van der Waals surface area contributed by atoms with Crippen LogP contribution >= 0.6 is 0 Å². The van der Waals surface area contributed by atoms with E-state index in [4.69, 9.17) is 0 Å². The van der Waals surface area contributed by atoms with Gasteiger partial charge in [0.1, 0.15) is 0 Å². The molecule has 0 aliphatic rings. The molecule has 0 bridgehead atoms. The van der Waals surface area contributed by atoms with Crippen LogP contribution in [0.2, 0.25) is 0 Å². The summed E-state index contributed by atoms with van der Waals surface area (Å²) in [6.45, 7) is 10.8. The maximum Gasteiger partial charge on any atom is 0.252 e. The third-order valence-electron chi connectivity index (χ3n) is 4.73. The number of aryl methyl sites for hydroxylation is 3. The van der Waals surface area contributed by atoms with Crippen molar-refractivity contribution < 1.29 is 4.79 Å². The first-order valence-corrected chi connectivity index (χ1v) is 9.11. The zero-order chi connectivity index (χ0) is 19.6. The first-order valence-electron chi connectivity index (χ1n) is 9.11. The van der Waals surface area contributed by atoms with E-state index in [0.717, 1.165) is 11.4 Å². The van der Waals surface area contributed by atoms with Crippen molar-refractivity contribution in [1.82, 2.24) is 20.1 Å². The Morgan fingerprint density at radius 3 is 2.48 bits per heavy atom. The zero-order valence-electron chi connectivity index (χ0n) is 16.6. The van der Waals surface area contributed by atoms with Gasteiger partial charge in [0.05, 0.1) is 11.3 Å². The lowest BCUT2D eigenvalue weighted by atomic mass is 9.84. The van der Waals surface area contributed by atoms with Crippen molar-refractivity contribution in [3.05, 3.63) is 76.7 Å². The standard InChI is InChI=1S/C22H26N4O/c1-15-7-6-8-19(11-15)22(4,5)14-24-21(27)18-9-10-20(23-13-18)26-17(3)12-16(2)25-26/h6-13H,14H2,1-5H3,(H,24,27). The number of carbonyl (C=O) groups excluding carboxylic acids is 1. The minimum absolute atomic E-state index is 0.122. The van der Waals surface area contributed by atoms with Crippen molar-refractivity contribution in [2.45, 2.75) is 40.0 Å². The van der Waals surface area contributed by atoms with Crippen molar-refractivity contribution in [3.63, 3.8) is 0 Å². The van der Waals surface area contributed by atoms with Crippen molar-refractivity contribution in [2.24, 2.45) is 0 Å². The molecule has 140 valence electrons. The number of hydrogen-bond donors (Lipinski definition) is 1. The highest BCUT2D eigenvalue weighted by Crippen LogP contribution is 2.23. The van der Waals surface area contributed by atoms with E-state index in [9.17, 15) is 4.79 Å². The molecular formula is C22H26N4O. The Bertz CT molecular complexity index is 955. The Kier molecular flexibility index (Phi) is 5.13. The van der Waals surface area contributed by atoms with Gasteiger partial charge in [-0.15, -0.1) is 0 Å². The highest BCUT2D eigenvalue weighted by Gasteiger charge is 2.22. The second-order valence-electron chi connectivity index (χ2n) is 7.68. The largest absolute Gasteiger partial charge is 0.351 e. The molecule has 5 nitrogen and oxygen atoms in total. The van der Waals surface area contributed by atoms with Gasteiger partial charge in [0, 0.05) is 23.9 Å². The lowest BCUT2D eigenvalue weighted by Gasteiger charge is -2.26. The summed E-state index contributed by atoms with van der Waals surface area (Å²) >= 11 is 0. The Balaban J connectivity index is 1.68. The number of nitrogens with one attached hydrogen (secondary N) is 1. The molecule has 1 amide bonds. The van der Waals surface area contributed by atoms with Crippen LogP contribution in [0.5, 0.6) is 0 Å². The van der Waals surface area contributed by atoms with Crippen LogP contribution in [-0.4, -0.2) is 27.2 Å². The number of carbonyl (C=O) groups is 1. The van der Waals surface area contributed by atoms with Gasteiger partial charge in [-0.2, -0.15) is 5.10 Å². The Labute approximate surface area is 160 Å². The van der Waals surface area contributed by atoms with Crippen molar-refractivity contribution in [2.75, 3.05) is 6.54 Å². The van der Waals surface area contributed by atoms with E-state index in [1.807, 2.05) is 26.0 Å². The summed E-state index contributed by atoms with van der Waals surface area (Å²) in [4.78, 5) is 16.9. The Hall–Kier alpha value is -2.95. The zero-order valence-corrected chi connectivity index (χ0v) is 16.6. The summed E-state index contributed by atoms with van der Waals surface area (Å²) in [7, 11) is 0. The molecule has 0 saturated carbocycles. The van der Waals surface area contributed by atoms with Crippen LogP contribution in [0, 0.1) is 20.8 Å². The predicted octanol–water partition coefficient (Wildman–Crippen LogP) is 3.90. The molecule has 0 aliphatic heterocycles. The van der Waals surface area contributed by atoms with Gasteiger partial charge in [-0.1, -0.05) is 43.7 Å². The molecule has 0 atom stereocenters. The molecule has 0 fully saturated rings. The Morgan fingerprint density at radius 1 is 1.11 bits per heavy atom. The second kappa shape index (κ2) is 7.35. The molecule has 5 heteroatoms. The van der Waals surface area contributed by atoms with Gasteiger partial charge in [0.15, 0.2) is 5.82 Å². The summed E-state index contributed by atoms with van der Waals surface area (Å²) in [5, 5.41) is 7.45. The van der Waals surface area contributed by atoms with Gasteiger partial charge >= 0.3 is 0 Å². The third-order valence-corrected chi connectivity index (χ3v) is 4.73. The lowest BCUT2D eigenvalue weighted by molar-refractivity contribution is 0.0945. The lowest BCUT2D eigenvalue weighted by Crippen LogP contribution is -2.36. The van der Waals surface area contributed by atoms with Gasteiger partial charge in [0.2, 0.25) is 0 Å². The maximum absolute atomic E-state index is 12.5. The summed E-state index contributed by atoms with van der Waals surface area (Å²) in [5.74, 6) is 0.584. The van der Waals surface area contributed by atoms with E-state index in [0.29, 0.717) is 17.9 Å². The number of amides is 1. The van der Waals surface area contributed by atoms with Crippen LogP contribution in [0.1, 0.15) is 46.7 Å². The average Bonchev–Trinajstić information content (AvgIpc) is 2.98. The fraction of sp³-hybridized carbons (Fsp3) is 0.318. The summed E-state index contributed by atoms with van der Waals surface area (Å²) in [5.41, 5.74) is 4.77. The van der Waals surface area contributed by atoms with E-state index in [2.05, 4.69) is 60.4 Å². The highest BCUT2D eigenvalue weighted by molar-refractivity contribution is 5.94. The minimum atomic E-state index is -0.154. The first-order chi connectivity index (χ1) is 12.8. The van der Waals surface area contributed by atoms with Gasteiger partial charge in [-0.3, -0.25) is 4.79 Å². The fourth-order valence-electron chi connectivity index (χ4n) is 3.08. The monoisotopic (exact) mass is 362 g/mol. The van der Waals surface area contributed by atoms with Crippen LogP contribution in [-0.2, 0) is 5.41 Å². The summed E-state index contributed by atoms with van der Waals surface area (Å²) < 4.78 is 1.78. The van der Waals surface area contributed by atoms with Gasteiger partial charge < -0.3 is 5.32 Å². The van der Waals surface area contributed by atoms with E-state index in [1.165, 1.54) is 11.1 Å². The second-order valence-corrected chi connectivity index (χ2v) is 7.68. The molecule has 0 aliphatic carbocycles. The first kappa shape index (κ1) is 18.8. The Morgan fingerprint density at radius 2 is 1.89 bits per heavy atom. The molecule has 1 aromatic carbocycles. The molecule has 0 radical (unpaired) electrons. The summed E-state index contributed by atoms with van der Waals surface area (Å²) in [6, 6.07) is 14.0. The number of benzene rings is 1. The molecule has 3 aromatic rings. The van der Waals surface area contributed by atoms with Gasteiger partial charge in [0.25, 0.3) is 5.91 Å². The van der Waals surface area contributed by atoms with Crippen molar-refractivity contribution in [3.8, 4) is 5.82 Å². The van der Waals surface area contributed by atoms with Crippen LogP contribution < -0.4 is 5.32 Å². The smallest absolute Gasteiger partial charge is 0.252 e. The quantitative estimate of drug-likeness (QED) is 0.749. The number of nitrogens with zero attached hydrogens (tertiary/aromatic N) is 3. The van der Waals surface area contributed by atoms with Gasteiger partial charge in [-0.05, 0) is 44.5 Å². The molecule has 0 spiro atoms. The predicted molar refractivity (Wildman–Crippen MR) is 107 cm³/mol. The van der Waals surface area contributed by atoms with Gasteiger partial charge in [-0.25, -0.2) is 9.67 Å². The van der Waals surface area contributed by atoms with E-state index >= 15 is 0 Å². The van der Waals surface area contributed by atoms with E-state index in [-0.39, 0.29) is 11.3 Å². The average molecular weight is 362 g/mol. The topological polar surface area (TPSA) is 59.8 Å². The molecule has 0 saturated heterocycles. The highest BCUT2D eigenvalue weighted by atomic mass is 16.1. The van der Waals surface area contributed by atoms with Crippen LogP contribution in [0.4, 0.5) is 0 Å². The molecule has 2 aromatic heterocycles. The number of aromatic nitrogens is 3. The normalized spacial score (nSPS) is 11.4. The molecule has 3 rings (SSSR count). The van der Waals surface area contributed by atoms with Crippen LogP contribution in [0.25, 0.3) is 5.82 Å². The van der Waals surface area contributed by atoms with Crippen molar-refractivity contribution >= 4 is 5.91 Å². The molecule has 2 heterocycles. The van der Waals surface area contributed by atoms with E-state index in [1.54, 1.807) is 16.9 Å². The van der Waals surface area contributed by atoms with E-state index < -0.39 is 0 Å². The number of rotatable bonds is 5. The third kappa shape index (κ3) is 4.25. The minimum Gasteiger partial charge on any atom is -0.351 e.